The van der Waals surface area contributed by atoms with E-state index in [1.807, 2.05) is 6.92 Å². The molecule has 3 N–H and O–H groups in total. The molecule has 0 aliphatic carbocycles. The number of carbonyl (C=O) groups excluding carboxylic acids is 1. The summed E-state index contributed by atoms with van der Waals surface area (Å²) < 4.78 is 41.4. The molecule has 3 atom stereocenters. The molecule has 2 aromatic carbocycles. The number of nitriles is 1. The van der Waals surface area contributed by atoms with Crippen LogP contribution in [0.2, 0.25) is 0 Å². The molecule has 166 valence electrons. The van der Waals surface area contributed by atoms with E-state index in [4.69, 9.17) is 0 Å². The van der Waals surface area contributed by atoms with Gasteiger partial charge in [-0.1, -0.05) is 25.5 Å². The van der Waals surface area contributed by atoms with Crippen LogP contribution in [0, 0.1) is 34.7 Å². The smallest absolute Gasteiger partial charge is 0.256 e. The number of carbonyl (C=O) groups is 1. The molecule has 0 saturated carbocycles. The highest BCUT2D eigenvalue weighted by atomic mass is 19.2. The van der Waals surface area contributed by atoms with Gasteiger partial charge in [-0.15, -0.1) is 0 Å². The lowest BCUT2D eigenvalue weighted by atomic mass is 9.96. The van der Waals surface area contributed by atoms with Gasteiger partial charge >= 0.3 is 0 Å². The van der Waals surface area contributed by atoms with Crippen molar-refractivity contribution in [3.63, 3.8) is 0 Å². The number of nitrogens with zero attached hydrogens (tertiary/aromatic N) is 1. The number of halogens is 3. The molecule has 32 heavy (non-hydrogen) atoms. The maximum atomic E-state index is 14.1. The van der Waals surface area contributed by atoms with E-state index >= 15 is 0 Å². The second-order valence-electron chi connectivity index (χ2n) is 8.03. The molecule has 1 unspecified atom stereocenters. The predicted octanol–water partition coefficient (Wildman–Crippen LogP) is 3.04. The molecule has 1 aliphatic rings. The zero-order valence-corrected chi connectivity index (χ0v) is 17.3. The predicted molar refractivity (Wildman–Crippen MR) is 113 cm³/mol. The van der Waals surface area contributed by atoms with Crippen LogP contribution in [0.3, 0.4) is 0 Å². The van der Waals surface area contributed by atoms with Crippen LogP contribution in [0.1, 0.15) is 25.3 Å². The number of benzene rings is 2. The minimum Gasteiger partial charge on any atom is -0.339 e. The first-order valence-electron chi connectivity index (χ1n) is 10.4. The number of fused-ring (bicyclic) bond motifs is 3. The molecule has 0 radical (unpaired) electrons. The summed E-state index contributed by atoms with van der Waals surface area (Å²) in [4.78, 5) is 27.3. The summed E-state index contributed by atoms with van der Waals surface area (Å²) in [5, 5.41) is 15.9. The van der Waals surface area contributed by atoms with E-state index in [0.29, 0.717) is 5.56 Å². The molecule has 1 aromatic heterocycles. The second kappa shape index (κ2) is 8.63. The summed E-state index contributed by atoms with van der Waals surface area (Å²) in [6, 6.07) is 6.36. The van der Waals surface area contributed by atoms with Crippen molar-refractivity contribution in [2.75, 3.05) is 6.54 Å². The maximum absolute atomic E-state index is 14.1. The van der Waals surface area contributed by atoms with Gasteiger partial charge in [-0.2, -0.15) is 5.26 Å². The number of aromatic nitrogens is 1. The van der Waals surface area contributed by atoms with E-state index in [-0.39, 0.29) is 40.4 Å². The van der Waals surface area contributed by atoms with Crippen molar-refractivity contribution in [2.24, 2.45) is 5.92 Å². The number of amides is 1. The average molecular weight is 442 g/mol. The molecule has 1 fully saturated rings. The van der Waals surface area contributed by atoms with E-state index in [0.717, 1.165) is 25.5 Å². The van der Waals surface area contributed by atoms with E-state index < -0.39 is 34.6 Å². The molecule has 1 aliphatic heterocycles. The van der Waals surface area contributed by atoms with Gasteiger partial charge in [-0.05, 0) is 42.0 Å². The lowest BCUT2D eigenvalue weighted by Crippen LogP contribution is -2.47. The number of H-pyrrole nitrogens is 1. The van der Waals surface area contributed by atoms with Crippen molar-refractivity contribution in [2.45, 2.75) is 38.3 Å². The minimum absolute atomic E-state index is 0.0330. The van der Waals surface area contributed by atoms with Crippen molar-refractivity contribution < 1.29 is 18.0 Å². The lowest BCUT2D eigenvalue weighted by Gasteiger charge is -2.20. The molecule has 1 amide bonds. The summed E-state index contributed by atoms with van der Waals surface area (Å²) >= 11 is 0. The van der Waals surface area contributed by atoms with Crippen molar-refractivity contribution in [3.05, 3.63) is 57.6 Å². The standard InChI is InChI=1S/C23H21F3N4O2/c1-2-12-5-6-28-20(12)23(32)29-13(10-27)7-11-3-4-14-15-9-17(24)18(25)19(26)21(15)30-22(31)16(14)8-11/h3-4,8-9,12-13,20,28H,2,5-7H2,1H3,(H,29,32)(H,30,31)/t12-,13?,20-/m0/s1. The Morgan fingerprint density at radius 1 is 1.22 bits per heavy atom. The SMILES string of the molecule is CC[C@H]1CCN[C@@H]1C(=O)NC(C#N)Cc1ccc2c(c1)c(=O)[nH]c1c(F)c(F)c(F)cc12. The molecular weight excluding hydrogens is 421 g/mol. The van der Waals surface area contributed by atoms with E-state index in [1.54, 1.807) is 6.07 Å². The fourth-order valence-corrected chi connectivity index (χ4v) is 4.38. The third-order valence-corrected chi connectivity index (χ3v) is 6.09. The number of rotatable bonds is 5. The van der Waals surface area contributed by atoms with E-state index in [2.05, 4.69) is 21.7 Å². The van der Waals surface area contributed by atoms with Crippen LogP contribution in [0.4, 0.5) is 13.2 Å². The van der Waals surface area contributed by atoms with Gasteiger partial charge in [0.1, 0.15) is 6.04 Å². The van der Waals surface area contributed by atoms with Gasteiger partial charge in [0.15, 0.2) is 17.5 Å². The maximum Gasteiger partial charge on any atom is 0.256 e. The van der Waals surface area contributed by atoms with Gasteiger partial charge in [-0.25, -0.2) is 13.2 Å². The average Bonchev–Trinajstić information content (AvgIpc) is 3.27. The van der Waals surface area contributed by atoms with Crippen LogP contribution < -0.4 is 16.2 Å². The lowest BCUT2D eigenvalue weighted by molar-refractivity contribution is -0.124. The van der Waals surface area contributed by atoms with Gasteiger partial charge in [0.05, 0.1) is 17.6 Å². The summed E-state index contributed by atoms with van der Waals surface area (Å²) in [6.07, 6.45) is 1.90. The summed E-state index contributed by atoms with van der Waals surface area (Å²) in [5.41, 5.74) is -0.493. The van der Waals surface area contributed by atoms with Gasteiger partial charge in [-0.3, -0.25) is 9.59 Å². The highest BCUT2D eigenvalue weighted by Gasteiger charge is 2.32. The van der Waals surface area contributed by atoms with Gasteiger partial charge < -0.3 is 15.6 Å². The van der Waals surface area contributed by atoms with Crippen LogP contribution >= 0.6 is 0 Å². The Morgan fingerprint density at radius 3 is 2.72 bits per heavy atom. The molecule has 3 aromatic rings. The van der Waals surface area contributed by atoms with Crippen LogP contribution in [0.5, 0.6) is 0 Å². The molecule has 0 bridgehead atoms. The summed E-state index contributed by atoms with van der Waals surface area (Å²) in [7, 11) is 0. The van der Waals surface area contributed by atoms with Crippen molar-refractivity contribution in [3.8, 4) is 6.07 Å². The largest absolute Gasteiger partial charge is 0.339 e. The van der Waals surface area contributed by atoms with Gasteiger partial charge in [0.25, 0.3) is 5.56 Å². The van der Waals surface area contributed by atoms with Crippen LogP contribution in [-0.2, 0) is 11.2 Å². The van der Waals surface area contributed by atoms with E-state index in [1.165, 1.54) is 12.1 Å². The summed E-state index contributed by atoms with van der Waals surface area (Å²) in [6.45, 7) is 2.77. The number of hydrogen-bond donors (Lipinski definition) is 3. The first kappa shape index (κ1) is 21.8. The number of hydrogen-bond acceptors (Lipinski definition) is 4. The topological polar surface area (TPSA) is 97.8 Å². The highest BCUT2D eigenvalue weighted by molar-refractivity contribution is 6.05. The quantitative estimate of drug-likeness (QED) is 0.418. The zero-order chi connectivity index (χ0) is 23.0. The van der Waals surface area contributed by atoms with Gasteiger partial charge in [0, 0.05) is 17.2 Å². The Morgan fingerprint density at radius 2 is 2.00 bits per heavy atom. The Balaban J connectivity index is 1.63. The third-order valence-electron chi connectivity index (χ3n) is 6.09. The normalized spacial score (nSPS) is 19.2. The zero-order valence-electron chi connectivity index (χ0n) is 17.3. The fourth-order valence-electron chi connectivity index (χ4n) is 4.38. The van der Waals surface area contributed by atoms with E-state index in [9.17, 15) is 28.0 Å². The summed E-state index contributed by atoms with van der Waals surface area (Å²) in [5.74, 6) is -4.49. The Hall–Kier alpha value is -3.38. The Bertz CT molecular complexity index is 1310. The second-order valence-corrected chi connectivity index (χ2v) is 8.03. The third kappa shape index (κ3) is 3.82. The first-order valence-corrected chi connectivity index (χ1v) is 10.4. The molecule has 4 rings (SSSR count). The minimum atomic E-state index is -1.65. The molecule has 6 nitrogen and oxygen atoms in total. The highest BCUT2D eigenvalue weighted by Crippen LogP contribution is 2.27. The van der Waals surface area contributed by atoms with Crippen molar-refractivity contribution in [1.82, 2.24) is 15.6 Å². The number of aromatic amines is 1. The number of nitrogens with one attached hydrogen (secondary N) is 3. The fraction of sp³-hybridized carbons (Fsp3) is 0.348. The molecule has 9 heteroatoms. The monoisotopic (exact) mass is 442 g/mol. The Labute approximate surface area is 181 Å². The van der Waals surface area contributed by atoms with Gasteiger partial charge in [0.2, 0.25) is 5.91 Å². The van der Waals surface area contributed by atoms with Crippen molar-refractivity contribution >= 4 is 27.6 Å². The molecule has 0 spiro atoms. The first-order chi connectivity index (χ1) is 15.3. The molecule has 2 heterocycles. The van der Waals surface area contributed by atoms with Crippen LogP contribution in [0.15, 0.2) is 29.1 Å². The Kier molecular flexibility index (Phi) is 5.89. The van der Waals surface area contributed by atoms with Crippen LogP contribution in [-0.4, -0.2) is 29.5 Å². The van der Waals surface area contributed by atoms with Crippen molar-refractivity contribution in [1.29, 1.82) is 5.26 Å². The molecular formula is C23H21F3N4O2. The number of pyridine rings is 1. The molecule has 1 saturated heterocycles. The van der Waals surface area contributed by atoms with Crippen LogP contribution in [0.25, 0.3) is 21.7 Å².